The molecule has 192 valence electrons. The molecule has 0 fully saturated rings. The van der Waals surface area contributed by atoms with Crippen molar-refractivity contribution in [2.75, 3.05) is 12.9 Å². The molecule has 0 aliphatic rings. The largest absolute Gasteiger partial charge is 0.768 e. The van der Waals surface area contributed by atoms with Crippen LogP contribution in [0.3, 0.4) is 0 Å². The van der Waals surface area contributed by atoms with E-state index in [4.69, 9.17) is 14.5 Å². The van der Waals surface area contributed by atoms with Crippen LogP contribution < -0.4 is 23.4 Å². The number of aromatic nitrogens is 1. The number of halogens is 2. The summed E-state index contributed by atoms with van der Waals surface area (Å²) in [5.41, 5.74) is -0.311. The lowest BCUT2D eigenvalue weighted by Crippen LogP contribution is -2.35. The summed E-state index contributed by atoms with van der Waals surface area (Å²) in [6.45, 7) is 0.764. The topological polar surface area (TPSA) is 132 Å². The first-order valence-electron chi connectivity index (χ1n) is 10.6. The maximum absolute atomic E-state index is 14.6. The number of thiophene rings is 1. The van der Waals surface area contributed by atoms with Gasteiger partial charge in [0.15, 0.2) is 26.5 Å². The lowest BCUT2D eigenvalue weighted by molar-refractivity contribution is -0.697. The lowest BCUT2D eigenvalue weighted by atomic mass is 10.2. The summed E-state index contributed by atoms with van der Waals surface area (Å²) in [4.78, 5) is 12.2. The number of ether oxygens (including phenoxy) is 1. The fraction of sp³-hybridized carbons (Fsp3) is 0.130. The van der Waals surface area contributed by atoms with Gasteiger partial charge in [0.1, 0.15) is 40.0 Å². The van der Waals surface area contributed by atoms with Crippen molar-refractivity contribution in [3.63, 3.8) is 0 Å². The Labute approximate surface area is 214 Å². The Morgan fingerprint density at radius 2 is 1.81 bits per heavy atom. The van der Waals surface area contributed by atoms with Gasteiger partial charge in [-0.15, -0.1) is 11.3 Å². The summed E-state index contributed by atoms with van der Waals surface area (Å²) in [6.07, 6.45) is 2.56. The van der Waals surface area contributed by atoms with Gasteiger partial charge in [-0.3, -0.25) is 4.57 Å². The molecule has 2 aromatic carbocycles. The molecule has 4 aromatic rings. The van der Waals surface area contributed by atoms with E-state index >= 15 is 0 Å². The van der Waals surface area contributed by atoms with Crippen LogP contribution in [0.5, 0.6) is 11.5 Å². The molecular formula is C23H18F2N3O6PS2. The molecule has 0 aliphatic carbocycles. The molecule has 2 heterocycles. The van der Waals surface area contributed by atoms with Gasteiger partial charge in [0.2, 0.25) is 0 Å². The molecule has 1 unspecified atom stereocenters. The number of benzene rings is 2. The van der Waals surface area contributed by atoms with E-state index in [1.165, 1.54) is 6.07 Å². The Bertz CT molecular complexity index is 1640. The van der Waals surface area contributed by atoms with Crippen LogP contribution in [0, 0.1) is 23.0 Å². The normalized spacial score (nSPS) is 13.1. The van der Waals surface area contributed by atoms with Crippen molar-refractivity contribution in [3.8, 4) is 17.6 Å². The molecule has 0 bridgehead atoms. The van der Waals surface area contributed by atoms with E-state index in [1.54, 1.807) is 6.07 Å². The van der Waals surface area contributed by atoms with Crippen molar-refractivity contribution in [3.05, 3.63) is 84.2 Å². The molecule has 0 saturated carbocycles. The van der Waals surface area contributed by atoms with E-state index in [1.807, 2.05) is 39.9 Å². The third-order valence-electron chi connectivity index (χ3n) is 4.95. The first-order chi connectivity index (χ1) is 17.6. The zero-order valence-electron chi connectivity index (χ0n) is 18.8. The molecular weight excluding hydrogens is 547 g/mol. The number of hydrogen-bond donors (Lipinski definition) is 1. The molecule has 1 atom stereocenters. The van der Waals surface area contributed by atoms with Gasteiger partial charge in [-0.25, -0.2) is 26.5 Å². The number of sulfonamides is 1. The third-order valence-corrected chi connectivity index (χ3v) is 9.16. The molecule has 4 rings (SSSR count). The van der Waals surface area contributed by atoms with E-state index < -0.39 is 41.3 Å². The van der Waals surface area contributed by atoms with Crippen LogP contribution >= 0.6 is 18.9 Å². The van der Waals surface area contributed by atoms with Gasteiger partial charge in [-0.05, 0) is 24.3 Å². The first-order valence-corrected chi connectivity index (χ1v) is 14.6. The highest BCUT2D eigenvalue weighted by Crippen LogP contribution is 2.39. The Kier molecular flexibility index (Phi) is 7.87. The number of rotatable bonds is 10. The summed E-state index contributed by atoms with van der Waals surface area (Å²) < 4.78 is 80.0. The Balaban J connectivity index is 1.43. The standard InChI is InChI=1S/C23H18F2N3O6PS2/c24-20-10-17(5-4-16(20)14-26)34-35(29,30)15-27-37(31,32)23-13-19-21(25)11-18(12-22(19)36-23)33-9-8-28-6-2-1-3-7-28/h1-7,10-13,27H,8-9,15H2. The molecule has 1 N–H and O–H groups in total. The summed E-state index contributed by atoms with van der Waals surface area (Å²) in [5.74, 6) is -1.89. The number of pyridine rings is 1. The summed E-state index contributed by atoms with van der Waals surface area (Å²) in [7, 11) is -9.21. The molecule has 0 saturated heterocycles. The van der Waals surface area contributed by atoms with E-state index in [0.29, 0.717) is 12.6 Å². The Hall–Kier alpha value is -3.40. The van der Waals surface area contributed by atoms with Crippen LogP contribution in [0.4, 0.5) is 8.78 Å². The molecule has 0 amide bonds. The van der Waals surface area contributed by atoms with Crippen molar-refractivity contribution < 1.29 is 40.5 Å². The SMILES string of the molecule is N#Cc1ccc(OP(=O)([O-])CNS(=O)(=O)c2cc3c(F)cc(OCC[n+]4ccccc4)cc3s2)cc1F. The van der Waals surface area contributed by atoms with Crippen molar-refractivity contribution in [1.82, 2.24) is 4.72 Å². The van der Waals surface area contributed by atoms with Gasteiger partial charge in [0.25, 0.3) is 10.0 Å². The van der Waals surface area contributed by atoms with Crippen molar-refractivity contribution >= 4 is 39.0 Å². The summed E-state index contributed by atoms with van der Waals surface area (Å²) in [5, 5.41) is 8.77. The average molecular weight is 566 g/mol. The molecule has 0 spiro atoms. The van der Waals surface area contributed by atoms with E-state index in [9.17, 15) is 26.7 Å². The highest BCUT2D eigenvalue weighted by Gasteiger charge is 2.23. The smallest absolute Gasteiger partial charge is 0.250 e. The lowest BCUT2D eigenvalue weighted by Gasteiger charge is -2.24. The van der Waals surface area contributed by atoms with Crippen LogP contribution in [0.25, 0.3) is 10.1 Å². The van der Waals surface area contributed by atoms with Crippen LogP contribution in [-0.4, -0.2) is 21.3 Å². The number of hydrogen-bond acceptors (Lipinski definition) is 8. The number of nitrogens with zero attached hydrogens (tertiary/aromatic N) is 2. The number of fused-ring (bicyclic) bond motifs is 1. The van der Waals surface area contributed by atoms with E-state index in [0.717, 1.165) is 35.6 Å². The summed E-state index contributed by atoms with van der Waals surface area (Å²) >= 11 is 0.735. The molecule has 0 aliphatic heterocycles. The first kappa shape index (κ1) is 26.7. The predicted octanol–water partition coefficient (Wildman–Crippen LogP) is 3.29. The second kappa shape index (κ2) is 10.9. The second-order valence-electron chi connectivity index (χ2n) is 7.61. The number of nitrogens with one attached hydrogen (secondary N) is 1. The van der Waals surface area contributed by atoms with Gasteiger partial charge >= 0.3 is 0 Å². The maximum atomic E-state index is 14.6. The highest BCUT2D eigenvalue weighted by molar-refractivity contribution is 7.92. The third kappa shape index (κ3) is 6.68. The van der Waals surface area contributed by atoms with Gasteiger partial charge < -0.3 is 14.2 Å². The van der Waals surface area contributed by atoms with Gasteiger partial charge in [-0.2, -0.15) is 5.26 Å². The Morgan fingerprint density at radius 3 is 2.51 bits per heavy atom. The zero-order valence-corrected chi connectivity index (χ0v) is 21.4. The minimum atomic E-state index is -4.85. The molecule has 0 radical (unpaired) electrons. The van der Waals surface area contributed by atoms with Gasteiger partial charge in [0.05, 0.1) is 11.8 Å². The van der Waals surface area contributed by atoms with E-state index in [2.05, 4.69) is 0 Å². The van der Waals surface area contributed by atoms with Gasteiger partial charge in [-0.1, -0.05) is 6.07 Å². The maximum Gasteiger partial charge on any atom is 0.250 e. The van der Waals surface area contributed by atoms with Crippen LogP contribution in [0.1, 0.15) is 5.56 Å². The predicted molar refractivity (Wildman–Crippen MR) is 128 cm³/mol. The van der Waals surface area contributed by atoms with Crippen molar-refractivity contribution in [2.45, 2.75) is 10.8 Å². The minimum absolute atomic E-state index is 0.0322. The minimum Gasteiger partial charge on any atom is -0.768 e. The second-order valence-corrected chi connectivity index (χ2v) is 12.4. The quantitative estimate of drug-likeness (QED) is 0.231. The molecule has 9 nitrogen and oxygen atoms in total. The highest BCUT2D eigenvalue weighted by atomic mass is 32.2. The Morgan fingerprint density at radius 1 is 1.08 bits per heavy atom. The van der Waals surface area contributed by atoms with Crippen LogP contribution in [-0.2, 0) is 21.1 Å². The van der Waals surface area contributed by atoms with Crippen molar-refractivity contribution in [1.29, 1.82) is 5.26 Å². The van der Waals surface area contributed by atoms with Crippen LogP contribution in [0.2, 0.25) is 0 Å². The zero-order chi connectivity index (χ0) is 26.6. The van der Waals surface area contributed by atoms with Crippen LogP contribution in [0.15, 0.2) is 71.2 Å². The summed E-state index contributed by atoms with van der Waals surface area (Å²) in [6, 6.07) is 13.7. The van der Waals surface area contributed by atoms with E-state index in [-0.39, 0.29) is 32.2 Å². The average Bonchev–Trinajstić information content (AvgIpc) is 3.30. The van der Waals surface area contributed by atoms with Gasteiger partial charge in [0, 0.05) is 34.4 Å². The molecule has 14 heteroatoms. The molecule has 37 heavy (non-hydrogen) atoms. The van der Waals surface area contributed by atoms with Crippen molar-refractivity contribution in [2.24, 2.45) is 0 Å². The fourth-order valence-electron chi connectivity index (χ4n) is 3.19. The number of nitriles is 1. The molecule has 2 aromatic heterocycles. The monoisotopic (exact) mass is 565 g/mol. The fourth-order valence-corrected chi connectivity index (χ4v) is 7.14.